The van der Waals surface area contributed by atoms with Crippen LogP contribution in [0.4, 0.5) is 0 Å². The zero-order valence-corrected chi connectivity index (χ0v) is 29.2. The molecule has 5 aromatic carbocycles. The van der Waals surface area contributed by atoms with E-state index < -0.39 is 0 Å². The van der Waals surface area contributed by atoms with Gasteiger partial charge in [-0.2, -0.15) is 0 Å². The Labute approximate surface area is 313 Å². The molecule has 0 radical (unpaired) electrons. The van der Waals surface area contributed by atoms with E-state index in [0.29, 0.717) is 17.5 Å². The van der Waals surface area contributed by atoms with E-state index in [1.54, 1.807) is 6.20 Å². The van der Waals surface area contributed by atoms with E-state index in [0.717, 1.165) is 72.8 Å². The lowest BCUT2D eigenvalue weighted by Gasteiger charge is -2.15. The van der Waals surface area contributed by atoms with Gasteiger partial charge >= 0.3 is 0 Å². The van der Waals surface area contributed by atoms with Crippen molar-refractivity contribution in [3.05, 3.63) is 194 Å². The summed E-state index contributed by atoms with van der Waals surface area (Å²) in [5, 5.41) is 0. The van der Waals surface area contributed by atoms with Crippen molar-refractivity contribution in [1.29, 1.82) is 0 Å². The molecule has 0 amide bonds. The summed E-state index contributed by atoms with van der Waals surface area (Å²) in [6.45, 7) is 0. The van der Waals surface area contributed by atoms with Crippen LogP contribution in [0.3, 0.4) is 0 Å². The number of nitrogens with zero attached hydrogens (tertiary/aromatic N) is 6. The van der Waals surface area contributed by atoms with Gasteiger partial charge in [0.05, 0.1) is 22.8 Å². The Morgan fingerprint density at radius 3 is 1.30 bits per heavy atom. The van der Waals surface area contributed by atoms with Gasteiger partial charge in [0.15, 0.2) is 17.5 Å². The maximum absolute atomic E-state index is 5.05. The van der Waals surface area contributed by atoms with Crippen molar-refractivity contribution in [2.24, 2.45) is 0 Å². The van der Waals surface area contributed by atoms with Crippen molar-refractivity contribution in [2.45, 2.75) is 0 Å². The summed E-state index contributed by atoms with van der Waals surface area (Å²) >= 11 is 0. The van der Waals surface area contributed by atoms with E-state index in [4.69, 9.17) is 24.9 Å². The highest BCUT2D eigenvalue weighted by Crippen LogP contribution is 2.38. The molecule has 0 bridgehead atoms. The fraction of sp³-hybridized carbons (Fsp3) is 0. The number of rotatable bonds is 8. The summed E-state index contributed by atoms with van der Waals surface area (Å²) in [5.74, 6) is 1.85. The van der Waals surface area contributed by atoms with Gasteiger partial charge in [-0.05, 0) is 58.1 Å². The summed E-state index contributed by atoms with van der Waals surface area (Å²) in [5.41, 5.74) is 12.2. The Kier molecular flexibility index (Phi) is 8.81. The molecule has 4 heterocycles. The largest absolute Gasteiger partial charge is 0.255 e. The quantitative estimate of drug-likeness (QED) is 0.158. The molecule has 0 unspecified atom stereocenters. The molecule has 254 valence electrons. The zero-order valence-electron chi connectivity index (χ0n) is 29.2. The Morgan fingerprint density at radius 1 is 0.259 bits per heavy atom. The van der Waals surface area contributed by atoms with Crippen LogP contribution in [-0.4, -0.2) is 29.9 Å². The third-order valence-electron chi connectivity index (χ3n) is 9.28. The molecular formula is C48H32N6. The summed E-state index contributed by atoms with van der Waals surface area (Å²) in [6, 6.07) is 61.3. The second-order valence-electron chi connectivity index (χ2n) is 12.8. The molecule has 0 aliphatic heterocycles. The number of hydrogen-bond donors (Lipinski definition) is 0. The maximum Gasteiger partial charge on any atom is 0.164 e. The van der Waals surface area contributed by atoms with Crippen LogP contribution in [0.5, 0.6) is 0 Å². The van der Waals surface area contributed by atoms with E-state index in [9.17, 15) is 0 Å². The normalized spacial score (nSPS) is 11.0. The molecule has 54 heavy (non-hydrogen) atoms. The number of hydrogen-bond acceptors (Lipinski definition) is 6. The molecule has 0 saturated carbocycles. The molecule has 0 N–H and O–H groups in total. The minimum atomic E-state index is 0.606. The van der Waals surface area contributed by atoms with E-state index in [2.05, 4.69) is 77.8 Å². The van der Waals surface area contributed by atoms with Crippen molar-refractivity contribution in [3.8, 4) is 90.3 Å². The lowest BCUT2D eigenvalue weighted by Crippen LogP contribution is -2.01. The minimum Gasteiger partial charge on any atom is -0.255 e. The average Bonchev–Trinajstić information content (AvgIpc) is 3.27. The molecule has 0 aliphatic rings. The summed E-state index contributed by atoms with van der Waals surface area (Å²) < 4.78 is 0. The van der Waals surface area contributed by atoms with Crippen molar-refractivity contribution in [2.75, 3.05) is 0 Å². The van der Waals surface area contributed by atoms with Crippen LogP contribution >= 0.6 is 0 Å². The molecule has 0 aliphatic carbocycles. The van der Waals surface area contributed by atoms with Gasteiger partial charge in [0.2, 0.25) is 0 Å². The third-order valence-corrected chi connectivity index (χ3v) is 9.28. The molecule has 6 nitrogen and oxygen atoms in total. The monoisotopic (exact) mass is 692 g/mol. The first-order chi connectivity index (χ1) is 26.8. The van der Waals surface area contributed by atoms with E-state index >= 15 is 0 Å². The molecule has 0 spiro atoms. The first kappa shape index (κ1) is 32.5. The molecule has 6 heteroatoms. The van der Waals surface area contributed by atoms with Crippen LogP contribution in [0.2, 0.25) is 0 Å². The number of aromatic nitrogens is 6. The second kappa shape index (κ2) is 14.7. The van der Waals surface area contributed by atoms with Crippen LogP contribution < -0.4 is 0 Å². The highest BCUT2D eigenvalue weighted by molar-refractivity contribution is 5.91. The first-order valence-corrected chi connectivity index (χ1v) is 17.8. The number of benzene rings is 5. The highest BCUT2D eigenvalue weighted by atomic mass is 15.0. The van der Waals surface area contributed by atoms with Gasteiger partial charge < -0.3 is 0 Å². The smallest absolute Gasteiger partial charge is 0.164 e. The summed E-state index contributed by atoms with van der Waals surface area (Å²) in [7, 11) is 0. The Morgan fingerprint density at radius 2 is 0.741 bits per heavy atom. The topological polar surface area (TPSA) is 77.3 Å². The van der Waals surface area contributed by atoms with Crippen LogP contribution in [0.1, 0.15) is 0 Å². The molecule has 0 saturated heterocycles. The lowest BCUT2D eigenvalue weighted by atomic mass is 9.92. The van der Waals surface area contributed by atoms with Crippen LogP contribution in [-0.2, 0) is 0 Å². The van der Waals surface area contributed by atoms with Gasteiger partial charge in [-0.3, -0.25) is 9.97 Å². The second-order valence-corrected chi connectivity index (χ2v) is 12.8. The highest BCUT2D eigenvalue weighted by Gasteiger charge is 2.18. The van der Waals surface area contributed by atoms with Gasteiger partial charge in [-0.1, -0.05) is 152 Å². The van der Waals surface area contributed by atoms with Crippen molar-refractivity contribution in [1.82, 2.24) is 29.9 Å². The zero-order chi connectivity index (χ0) is 36.1. The first-order valence-electron chi connectivity index (χ1n) is 17.8. The SMILES string of the molecule is c1ccc(-c2cc(-c3ccccn3)nc(-c3ccc(-c4ccccc4-c4ccccc4-c4nc(-c5ccccc5)nc(-c5ccccc5)n4)cn3)c2)cc1. The van der Waals surface area contributed by atoms with E-state index in [-0.39, 0.29) is 0 Å². The lowest BCUT2D eigenvalue weighted by molar-refractivity contribution is 1.07. The molecule has 0 atom stereocenters. The Hall–Kier alpha value is -7.44. The van der Waals surface area contributed by atoms with Gasteiger partial charge in [-0.15, -0.1) is 0 Å². The molecule has 9 aromatic rings. The van der Waals surface area contributed by atoms with Crippen molar-refractivity contribution >= 4 is 0 Å². The van der Waals surface area contributed by atoms with E-state index in [1.807, 2.05) is 115 Å². The fourth-order valence-electron chi connectivity index (χ4n) is 6.62. The summed E-state index contributed by atoms with van der Waals surface area (Å²) in [4.78, 5) is 29.6. The third kappa shape index (κ3) is 6.67. The molecule has 9 rings (SSSR count). The molecule has 4 aromatic heterocycles. The van der Waals surface area contributed by atoms with Crippen LogP contribution in [0.15, 0.2) is 194 Å². The average molecular weight is 693 g/mol. The standard InChI is InChI=1S/C48H32N6/c1-4-16-33(17-5-1)37-30-44(42-26-14-15-29-49-42)51-45(31-37)43-28-27-36(32-50-43)38-22-10-11-23-39(38)40-24-12-13-25-41(40)48-53-46(34-18-6-2-7-19-34)52-47(54-48)35-20-8-3-9-21-35/h1-32H. The van der Waals surface area contributed by atoms with Crippen LogP contribution in [0.25, 0.3) is 90.3 Å². The van der Waals surface area contributed by atoms with Gasteiger partial charge in [0.1, 0.15) is 0 Å². The van der Waals surface area contributed by atoms with Gasteiger partial charge in [0.25, 0.3) is 0 Å². The fourth-order valence-corrected chi connectivity index (χ4v) is 6.62. The van der Waals surface area contributed by atoms with Crippen LogP contribution in [0, 0.1) is 0 Å². The minimum absolute atomic E-state index is 0.606. The van der Waals surface area contributed by atoms with Gasteiger partial charge in [-0.25, -0.2) is 19.9 Å². The van der Waals surface area contributed by atoms with Crippen molar-refractivity contribution in [3.63, 3.8) is 0 Å². The predicted molar refractivity (Wildman–Crippen MR) is 217 cm³/mol. The van der Waals surface area contributed by atoms with Crippen molar-refractivity contribution < 1.29 is 0 Å². The Balaban J connectivity index is 1.12. The maximum atomic E-state index is 5.05. The van der Waals surface area contributed by atoms with E-state index in [1.165, 1.54) is 0 Å². The molecular weight excluding hydrogens is 661 g/mol. The molecule has 0 fully saturated rings. The summed E-state index contributed by atoms with van der Waals surface area (Å²) in [6.07, 6.45) is 3.72. The predicted octanol–water partition coefficient (Wildman–Crippen LogP) is 11.4. The number of pyridine rings is 3. The Bertz CT molecular complexity index is 2570. The van der Waals surface area contributed by atoms with Gasteiger partial charge in [0, 0.05) is 34.6 Å².